The number of carbonyl (C=O) groups excluding carboxylic acids is 1. The predicted octanol–water partition coefficient (Wildman–Crippen LogP) is 5.64. The van der Waals surface area contributed by atoms with E-state index < -0.39 is 10.0 Å². The number of hydrogen-bond donors (Lipinski definition) is 1. The molecule has 1 aliphatic rings. The van der Waals surface area contributed by atoms with Crippen molar-refractivity contribution in [3.8, 4) is 0 Å². The number of thiophene rings is 1. The predicted molar refractivity (Wildman–Crippen MR) is 119 cm³/mol. The molecule has 0 bridgehead atoms. The normalized spacial score (nSPS) is 15.5. The summed E-state index contributed by atoms with van der Waals surface area (Å²) in [6.45, 7) is 0.958. The van der Waals surface area contributed by atoms with E-state index in [1.54, 1.807) is 6.07 Å². The molecule has 0 atom stereocenters. The Kier molecular flexibility index (Phi) is 5.86. The van der Waals surface area contributed by atoms with Gasteiger partial charge in [0.1, 0.15) is 9.77 Å². The van der Waals surface area contributed by atoms with E-state index in [-0.39, 0.29) is 15.8 Å². The first-order chi connectivity index (χ1) is 13.9. The van der Waals surface area contributed by atoms with E-state index in [2.05, 4.69) is 5.32 Å². The minimum atomic E-state index is -3.72. The molecular weight excluding hydrogens is 451 g/mol. The molecule has 1 fully saturated rings. The van der Waals surface area contributed by atoms with Crippen molar-refractivity contribution < 1.29 is 13.2 Å². The Morgan fingerprint density at radius 3 is 2.48 bits per heavy atom. The number of carbonyl (C=O) groups is 1. The summed E-state index contributed by atoms with van der Waals surface area (Å²) in [5.41, 5.74) is 0.350. The topological polar surface area (TPSA) is 66.5 Å². The van der Waals surface area contributed by atoms with E-state index in [1.165, 1.54) is 27.8 Å². The van der Waals surface area contributed by atoms with Gasteiger partial charge in [0.15, 0.2) is 0 Å². The van der Waals surface area contributed by atoms with E-state index in [0.717, 1.165) is 29.3 Å². The highest BCUT2D eigenvalue weighted by molar-refractivity contribution is 7.89. The Morgan fingerprint density at radius 1 is 1.03 bits per heavy atom. The van der Waals surface area contributed by atoms with Gasteiger partial charge in [0.2, 0.25) is 10.0 Å². The number of amides is 1. The van der Waals surface area contributed by atoms with Crippen LogP contribution < -0.4 is 5.32 Å². The SMILES string of the molecule is O=C(Nc1ccc(Cl)c(S(=O)(=O)N2CCCCC2)c1)c1sc2ccccc2c1Cl. The molecule has 2 heterocycles. The molecule has 152 valence electrons. The molecule has 9 heteroatoms. The molecule has 1 saturated heterocycles. The van der Waals surface area contributed by atoms with Crippen molar-refractivity contribution in [1.29, 1.82) is 0 Å². The highest BCUT2D eigenvalue weighted by Crippen LogP contribution is 2.36. The Morgan fingerprint density at radius 2 is 1.76 bits per heavy atom. The smallest absolute Gasteiger partial charge is 0.267 e. The Balaban J connectivity index is 1.63. The van der Waals surface area contributed by atoms with Crippen molar-refractivity contribution in [1.82, 2.24) is 4.31 Å². The van der Waals surface area contributed by atoms with Crippen LogP contribution in [0.1, 0.15) is 28.9 Å². The van der Waals surface area contributed by atoms with E-state index >= 15 is 0 Å². The van der Waals surface area contributed by atoms with Crippen molar-refractivity contribution in [2.24, 2.45) is 0 Å². The second kappa shape index (κ2) is 8.24. The molecule has 0 aliphatic carbocycles. The molecule has 3 aromatic rings. The first-order valence-electron chi connectivity index (χ1n) is 9.16. The third kappa shape index (κ3) is 4.02. The fraction of sp³-hybridized carbons (Fsp3) is 0.250. The zero-order valence-corrected chi connectivity index (χ0v) is 18.5. The first-order valence-corrected chi connectivity index (χ1v) is 12.2. The number of benzene rings is 2. The van der Waals surface area contributed by atoms with Crippen LogP contribution in [0, 0.1) is 0 Å². The van der Waals surface area contributed by atoms with Crippen molar-refractivity contribution in [3.05, 3.63) is 57.4 Å². The largest absolute Gasteiger partial charge is 0.321 e. The summed E-state index contributed by atoms with van der Waals surface area (Å²) in [4.78, 5) is 13.2. The number of nitrogens with zero attached hydrogens (tertiary/aromatic N) is 1. The number of rotatable bonds is 4. The second-order valence-electron chi connectivity index (χ2n) is 6.81. The van der Waals surface area contributed by atoms with Crippen LogP contribution in [0.3, 0.4) is 0 Å². The standard InChI is InChI=1S/C20H18Cl2N2O3S2/c21-15-9-8-13(12-17(15)29(26,27)24-10-4-1-5-11-24)23-20(25)19-18(22)14-6-2-3-7-16(14)28-19/h2-3,6-9,12H,1,4-5,10-11H2,(H,23,25). The fourth-order valence-corrected chi connectivity index (χ4v) is 6.80. The maximum Gasteiger partial charge on any atom is 0.267 e. The van der Waals surface area contributed by atoms with Crippen LogP contribution in [0.2, 0.25) is 10.0 Å². The summed E-state index contributed by atoms with van der Waals surface area (Å²) in [6.07, 6.45) is 2.68. The maximum atomic E-state index is 13.0. The van der Waals surface area contributed by atoms with E-state index in [0.29, 0.717) is 28.7 Å². The molecule has 1 amide bonds. The molecule has 0 unspecified atom stereocenters. The van der Waals surface area contributed by atoms with Gasteiger partial charge in [-0.3, -0.25) is 4.79 Å². The van der Waals surface area contributed by atoms with Gasteiger partial charge >= 0.3 is 0 Å². The van der Waals surface area contributed by atoms with Crippen LogP contribution in [0.25, 0.3) is 10.1 Å². The maximum absolute atomic E-state index is 13.0. The summed E-state index contributed by atoms with van der Waals surface area (Å²) in [7, 11) is -3.72. The number of fused-ring (bicyclic) bond motifs is 1. The molecule has 1 N–H and O–H groups in total. The number of piperidine rings is 1. The molecule has 0 spiro atoms. The number of sulfonamides is 1. The Labute approximate surface area is 183 Å². The molecule has 0 saturated carbocycles. The monoisotopic (exact) mass is 468 g/mol. The molecule has 29 heavy (non-hydrogen) atoms. The fourth-order valence-electron chi connectivity index (χ4n) is 3.37. The van der Waals surface area contributed by atoms with Gasteiger partial charge in [-0.1, -0.05) is 47.8 Å². The molecule has 0 radical (unpaired) electrons. The number of hydrogen-bond acceptors (Lipinski definition) is 4. The van der Waals surface area contributed by atoms with Gasteiger partial charge < -0.3 is 5.32 Å². The average Bonchev–Trinajstić information content (AvgIpc) is 3.07. The molecule has 4 rings (SSSR count). The van der Waals surface area contributed by atoms with Gasteiger partial charge in [-0.15, -0.1) is 11.3 Å². The number of nitrogens with one attached hydrogen (secondary N) is 1. The van der Waals surface area contributed by atoms with Crippen LogP contribution >= 0.6 is 34.5 Å². The highest BCUT2D eigenvalue weighted by atomic mass is 35.5. The molecule has 1 aromatic heterocycles. The summed E-state index contributed by atoms with van der Waals surface area (Å²) in [5, 5.41) is 4.08. The summed E-state index contributed by atoms with van der Waals surface area (Å²) in [6, 6.07) is 12.0. The van der Waals surface area contributed by atoms with Crippen LogP contribution in [-0.4, -0.2) is 31.7 Å². The molecule has 1 aliphatic heterocycles. The zero-order valence-electron chi connectivity index (χ0n) is 15.3. The Hall–Kier alpha value is -1.64. The van der Waals surface area contributed by atoms with Gasteiger partial charge in [0.05, 0.1) is 10.0 Å². The van der Waals surface area contributed by atoms with E-state index in [1.807, 2.05) is 24.3 Å². The van der Waals surface area contributed by atoms with Crippen LogP contribution in [-0.2, 0) is 10.0 Å². The average molecular weight is 469 g/mol. The van der Waals surface area contributed by atoms with Crippen LogP contribution in [0.4, 0.5) is 5.69 Å². The van der Waals surface area contributed by atoms with Gasteiger partial charge in [-0.25, -0.2) is 8.42 Å². The highest BCUT2D eigenvalue weighted by Gasteiger charge is 2.28. The van der Waals surface area contributed by atoms with Crippen LogP contribution in [0.15, 0.2) is 47.4 Å². The first kappa shape index (κ1) is 20.6. The van der Waals surface area contributed by atoms with Crippen LogP contribution in [0.5, 0.6) is 0 Å². The number of halogens is 2. The zero-order chi connectivity index (χ0) is 20.6. The lowest BCUT2D eigenvalue weighted by molar-refractivity contribution is 0.103. The van der Waals surface area contributed by atoms with Crippen molar-refractivity contribution in [3.63, 3.8) is 0 Å². The molecule has 5 nitrogen and oxygen atoms in total. The minimum Gasteiger partial charge on any atom is -0.321 e. The van der Waals surface area contributed by atoms with Gasteiger partial charge in [-0.05, 0) is 37.1 Å². The van der Waals surface area contributed by atoms with Gasteiger partial charge in [0.25, 0.3) is 5.91 Å². The van der Waals surface area contributed by atoms with Crippen molar-refractivity contribution in [2.75, 3.05) is 18.4 Å². The lowest BCUT2D eigenvalue weighted by atomic mass is 10.2. The third-order valence-corrected chi connectivity index (χ3v) is 8.92. The summed E-state index contributed by atoms with van der Waals surface area (Å²) < 4.78 is 28.4. The van der Waals surface area contributed by atoms with E-state index in [4.69, 9.17) is 23.2 Å². The minimum absolute atomic E-state index is 0.00121. The summed E-state index contributed by atoms with van der Waals surface area (Å²) >= 11 is 13.9. The second-order valence-corrected chi connectivity index (χ2v) is 10.5. The van der Waals surface area contributed by atoms with Gasteiger partial charge in [0, 0.05) is 28.9 Å². The quantitative estimate of drug-likeness (QED) is 0.538. The number of anilines is 1. The van der Waals surface area contributed by atoms with Crippen molar-refractivity contribution in [2.45, 2.75) is 24.2 Å². The van der Waals surface area contributed by atoms with E-state index in [9.17, 15) is 13.2 Å². The van der Waals surface area contributed by atoms with Crippen molar-refractivity contribution >= 4 is 66.2 Å². The third-order valence-electron chi connectivity index (χ3n) is 4.86. The molecule has 2 aromatic carbocycles. The Bertz CT molecular complexity index is 1190. The molecular formula is C20H18Cl2N2O3S2. The van der Waals surface area contributed by atoms with Gasteiger partial charge in [-0.2, -0.15) is 4.31 Å². The lowest BCUT2D eigenvalue weighted by Gasteiger charge is -2.26. The summed E-state index contributed by atoms with van der Waals surface area (Å²) in [5.74, 6) is -0.389. The lowest BCUT2D eigenvalue weighted by Crippen LogP contribution is -2.35.